The molecule has 0 radical (unpaired) electrons. The molecule has 1 N–H and O–H groups in total. The predicted molar refractivity (Wildman–Crippen MR) is 116 cm³/mol. The minimum Gasteiger partial charge on any atom is -0.593 e. The van der Waals surface area contributed by atoms with Crippen molar-refractivity contribution in [3.8, 4) is 0 Å². The zero-order valence-electron chi connectivity index (χ0n) is 18.4. The smallest absolute Gasteiger partial charge is 0.329 e. The van der Waals surface area contributed by atoms with Gasteiger partial charge in [-0.25, -0.2) is 0 Å². The van der Waals surface area contributed by atoms with Gasteiger partial charge in [-0.15, -0.1) is 4.31 Å². The molecule has 170 valence electrons. The molecule has 1 aromatic rings. The van der Waals surface area contributed by atoms with E-state index >= 15 is 0 Å². The van der Waals surface area contributed by atoms with E-state index in [0.29, 0.717) is 25.2 Å². The molecule has 4 aliphatic rings. The van der Waals surface area contributed by atoms with Gasteiger partial charge in [0.1, 0.15) is 6.04 Å². The molecule has 4 fully saturated rings. The van der Waals surface area contributed by atoms with Crippen LogP contribution in [0.25, 0.3) is 0 Å². The van der Waals surface area contributed by atoms with Crippen molar-refractivity contribution in [3.05, 3.63) is 29.8 Å². The van der Waals surface area contributed by atoms with Crippen molar-refractivity contribution in [2.24, 2.45) is 11.8 Å². The fourth-order valence-electron chi connectivity index (χ4n) is 4.05. The summed E-state index contributed by atoms with van der Waals surface area (Å²) >= 11 is -1.26. The summed E-state index contributed by atoms with van der Waals surface area (Å²) < 4.78 is 24.4. The molecular weight excluding hydrogens is 416 g/mol. The highest BCUT2D eigenvalue weighted by molar-refractivity contribution is 7.89. The average Bonchev–Trinajstić information content (AvgIpc) is 3.61. The summed E-state index contributed by atoms with van der Waals surface area (Å²) in [7, 11) is 0. The Balaban J connectivity index is 0.000000177. The highest BCUT2D eigenvalue weighted by atomic mass is 32.2. The van der Waals surface area contributed by atoms with Crippen LogP contribution in [0.3, 0.4) is 0 Å². The topological polar surface area (TPSA) is 101 Å². The number of ether oxygens (including phenoxy) is 2. The molecule has 2 heterocycles. The molecule has 31 heavy (non-hydrogen) atoms. The number of carbonyl (C=O) groups is 2. The summed E-state index contributed by atoms with van der Waals surface area (Å²) in [5, 5.41) is 3.14. The van der Waals surface area contributed by atoms with Gasteiger partial charge >= 0.3 is 11.9 Å². The van der Waals surface area contributed by atoms with Crippen LogP contribution in [0.5, 0.6) is 0 Å². The summed E-state index contributed by atoms with van der Waals surface area (Å²) in [4.78, 5) is 23.8. The third-order valence-corrected chi connectivity index (χ3v) is 7.67. The lowest BCUT2D eigenvalue weighted by molar-refractivity contribution is -0.143. The lowest BCUT2D eigenvalue weighted by atomic mass is 10.2. The van der Waals surface area contributed by atoms with E-state index in [0.717, 1.165) is 29.2 Å². The number of hydrogen-bond acceptors (Lipinski definition) is 7. The van der Waals surface area contributed by atoms with E-state index < -0.39 is 11.4 Å². The van der Waals surface area contributed by atoms with Gasteiger partial charge in [-0.1, -0.05) is 17.7 Å². The first-order valence-electron chi connectivity index (χ1n) is 11.3. The highest BCUT2D eigenvalue weighted by Crippen LogP contribution is 2.50. The molecule has 1 unspecified atom stereocenters. The Hall–Kier alpha value is -1.61. The van der Waals surface area contributed by atoms with Gasteiger partial charge in [-0.05, 0) is 70.4 Å². The van der Waals surface area contributed by atoms with Crippen LogP contribution in [0.4, 0.5) is 0 Å². The number of nitrogens with zero attached hydrogens (tertiary/aromatic N) is 1. The monoisotopic (exact) mass is 448 g/mol. The first kappa shape index (κ1) is 22.6. The van der Waals surface area contributed by atoms with E-state index in [4.69, 9.17) is 9.47 Å². The Morgan fingerprint density at radius 1 is 1.03 bits per heavy atom. The number of rotatable bonds is 8. The van der Waals surface area contributed by atoms with Gasteiger partial charge in [0.2, 0.25) is 0 Å². The van der Waals surface area contributed by atoms with E-state index in [9.17, 15) is 14.1 Å². The average molecular weight is 449 g/mol. The van der Waals surface area contributed by atoms with E-state index in [2.05, 4.69) is 5.32 Å². The molecule has 2 aliphatic heterocycles. The first-order valence-corrected chi connectivity index (χ1v) is 12.4. The van der Waals surface area contributed by atoms with Crippen molar-refractivity contribution in [1.82, 2.24) is 9.62 Å². The van der Waals surface area contributed by atoms with Gasteiger partial charge < -0.3 is 14.0 Å². The summed E-state index contributed by atoms with van der Waals surface area (Å²) in [6.45, 7) is 6.50. The van der Waals surface area contributed by atoms with Crippen LogP contribution < -0.4 is 5.32 Å². The second-order valence-electron chi connectivity index (χ2n) is 8.71. The van der Waals surface area contributed by atoms with Crippen LogP contribution in [0.1, 0.15) is 45.1 Å². The molecular formula is C23H32N2O5S. The van der Waals surface area contributed by atoms with E-state index in [1.807, 2.05) is 38.1 Å². The van der Waals surface area contributed by atoms with E-state index in [-0.39, 0.29) is 30.1 Å². The van der Waals surface area contributed by atoms with Gasteiger partial charge in [0.15, 0.2) is 10.9 Å². The molecule has 0 spiro atoms. The Kier molecular flexibility index (Phi) is 6.91. The van der Waals surface area contributed by atoms with Crippen LogP contribution in [0, 0.1) is 18.8 Å². The van der Waals surface area contributed by atoms with Gasteiger partial charge in [-0.3, -0.25) is 14.9 Å². The standard InChI is InChI=1S/C15H19NO3S.C8H13NO2/c1-3-19-15(17)14-13(11-6-7-11)16(14)20(18)12-8-4-10(2)5-9-12;1-2-11-8(10)7-6(9-7)5-3-4-5/h4-5,8-9,11,13-14H,3,6-7H2,1-2H3;5-7,9H,2-4H2,1H3/t13-,14-,16?,20-;6-,7-/m11/s1. The molecule has 0 aromatic heterocycles. The molecule has 0 bridgehead atoms. The number of aryl methyl sites for hydroxylation is 1. The van der Waals surface area contributed by atoms with Crippen LogP contribution in [0.2, 0.25) is 0 Å². The summed E-state index contributed by atoms with van der Waals surface area (Å²) in [6.07, 6.45) is 4.82. The van der Waals surface area contributed by atoms with Crippen LogP contribution in [0.15, 0.2) is 29.2 Å². The molecule has 6 atom stereocenters. The Bertz CT molecular complexity index is 796. The largest absolute Gasteiger partial charge is 0.593 e. The molecule has 2 saturated heterocycles. The maximum atomic E-state index is 12.6. The zero-order valence-corrected chi connectivity index (χ0v) is 19.2. The third-order valence-electron chi connectivity index (χ3n) is 6.14. The molecule has 1 aromatic carbocycles. The molecule has 0 amide bonds. The second kappa shape index (κ2) is 9.48. The second-order valence-corrected chi connectivity index (χ2v) is 10.1. The normalized spacial score (nSPS) is 31.7. The molecule has 7 nitrogen and oxygen atoms in total. The summed E-state index contributed by atoms with van der Waals surface area (Å²) in [6, 6.07) is 7.91. The summed E-state index contributed by atoms with van der Waals surface area (Å²) in [5.74, 6) is 0.984. The van der Waals surface area contributed by atoms with E-state index in [1.54, 1.807) is 11.2 Å². The van der Waals surface area contributed by atoms with Crippen LogP contribution in [-0.2, 0) is 30.4 Å². The van der Waals surface area contributed by atoms with Crippen molar-refractivity contribution < 1.29 is 23.6 Å². The number of carbonyl (C=O) groups excluding carboxylic acids is 2. The van der Waals surface area contributed by atoms with Gasteiger partial charge in [0.25, 0.3) is 0 Å². The first-order chi connectivity index (χ1) is 15.0. The molecule has 5 rings (SSSR count). The van der Waals surface area contributed by atoms with Crippen molar-refractivity contribution in [2.75, 3.05) is 13.2 Å². The molecule has 2 aliphatic carbocycles. The quantitative estimate of drug-likeness (QED) is 0.370. The van der Waals surface area contributed by atoms with Gasteiger partial charge in [0, 0.05) is 6.04 Å². The SMILES string of the molecule is CCOC(=O)[C@@H]1N[C@@H]1C1CC1.CCOC(=O)[C@H]1[C@@H](C2CC2)N1[S@+]([O-])c1ccc(C)cc1. The summed E-state index contributed by atoms with van der Waals surface area (Å²) in [5.41, 5.74) is 1.14. The lowest BCUT2D eigenvalue weighted by Crippen LogP contribution is -2.21. The van der Waals surface area contributed by atoms with Gasteiger partial charge in [0.05, 0.1) is 30.6 Å². The third kappa shape index (κ3) is 5.42. The fraction of sp³-hybridized carbons (Fsp3) is 0.652. The van der Waals surface area contributed by atoms with E-state index in [1.165, 1.54) is 12.8 Å². The maximum absolute atomic E-state index is 12.6. The maximum Gasteiger partial charge on any atom is 0.329 e. The fourth-order valence-corrected chi connectivity index (χ4v) is 5.54. The number of nitrogens with one attached hydrogen (secondary N) is 1. The van der Waals surface area contributed by atoms with Crippen LogP contribution >= 0.6 is 0 Å². The van der Waals surface area contributed by atoms with Crippen LogP contribution in [-0.4, -0.2) is 58.2 Å². The van der Waals surface area contributed by atoms with Gasteiger partial charge in [-0.2, -0.15) is 0 Å². The minimum absolute atomic E-state index is 0.0300. The Morgan fingerprint density at radius 3 is 2.16 bits per heavy atom. The Morgan fingerprint density at radius 2 is 1.61 bits per heavy atom. The molecule has 8 heteroatoms. The number of benzene rings is 1. The highest BCUT2D eigenvalue weighted by Gasteiger charge is 2.67. The minimum atomic E-state index is -1.26. The number of esters is 2. The van der Waals surface area contributed by atoms with Crippen molar-refractivity contribution >= 4 is 23.3 Å². The van der Waals surface area contributed by atoms with Crippen molar-refractivity contribution in [1.29, 1.82) is 0 Å². The Labute approximate surface area is 187 Å². The predicted octanol–water partition coefficient (Wildman–Crippen LogP) is 2.34. The lowest BCUT2D eigenvalue weighted by Gasteiger charge is -2.11. The van der Waals surface area contributed by atoms with Crippen molar-refractivity contribution in [2.45, 2.75) is 75.5 Å². The molecule has 2 saturated carbocycles. The number of hydrogen-bond donors (Lipinski definition) is 1. The zero-order chi connectivity index (χ0) is 22.1. The van der Waals surface area contributed by atoms with Crippen molar-refractivity contribution in [3.63, 3.8) is 0 Å².